The highest BCUT2D eigenvalue weighted by Gasteiger charge is 2.42. The highest BCUT2D eigenvalue weighted by Crippen LogP contribution is 2.46. The molecule has 0 bridgehead atoms. The van der Waals surface area contributed by atoms with Gasteiger partial charge in [0.15, 0.2) is 16.6 Å². The number of anilines is 1. The number of fused-ring (bicyclic) bond motifs is 1. The zero-order valence-electron chi connectivity index (χ0n) is 20.3. The molecule has 2 aromatic heterocycles. The molecule has 1 N–H and O–H groups in total. The van der Waals surface area contributed by atoms with Crippen LogP contribution in [0.15, 0.2) is 72.9 Å². The second kappa shape index (κ2) is 8.87. The van der Waals surface area contributed by atoms with Crippen molar-refractivity contribution >= 4 is 23.0 Å². The standard InChI is InChI=1S/C28H26N4O3S/c1-17-13-22(18(2)31(17)19-7-6-8-21(14-19)33-3)27-26(23-9-4-5-12-29-23)30-28(36)32(27)20-10-11-24-25(15-20)35-16-34-24/h4-15,26-27H,16H2,1-3H3,(H,30,36)/t26-,27-/m1/s1. The number of nitrogens with one attached hydrogen (secondary N) is 1. The highest BCUT2D eigenvalue weighted by molar-refractivity contribution is 7.80. The Bertz CT molecular complexity index is 1450. The first-order valence-electron chi connectivity index (χ1n) is 11.8. The van der Waals surface area contributed by atoms with Crippen LogP contribution in [0.25, 0.3) is 5.69 Å². The first-order valence-corrected chi connectivity index (χ1v) is 12.2. The minimum atomic E-state index is -0.136. The van der Waals surface area contributed by atoms with E-state index in [4.69, 9.17) is 26.4 Å². The van der Waals surface area contributed by atoms with Crippen molar-refractivity contribution in [3.05, 3.63) is 95.6 Å². The number of hydrogen-bond donors (Lipinski definition) is 1. The van der Waals surface area contributed by atoms with Gasteiger partial charge in [0, 0.05) is 41.1 Å². The van der Waals surface area contributed by atoms with Gasteiger partial charge in [0.05, 0.1) is 24.9 Å². The van der Waals surface area contributed by atoms with Gasteiger partial charge in [-0.25, -0.2) is 0 Å². The van der Waals surface area contributed by atoms with E-state index in [1.165, 1.54) is 0 Å². The van der Waals surface area contributed by atoms with Gasteiger partial charge in [-0.3, -0.25) is 4.98 Å². The van der Waals surface area contributed by atoms with E-state index in [0.29, 0.717) is 5.11 Å². The van der Waals surface area contributed by atoms with Gasteiger partial charge in [-0.1, -0.05) is 12.1 Å². The number of ether oxygens (including phenoxy) is 3. The number of aromatic nitrogens is 2. The molecular formula is C28H26N4O3S. The largest absolute Gasteiger partial charge is 0.497 e. The average molecular weight is 499 g/mol. The van der Waals surface area contributed by atoms with Crippen molar-refractivity contribution in [1.82, 2.24) is 14.9 Å². The molecule has 182 valence electrons. The molecule has 2 aliphatic heterocycles. The van der Waals surface area contributed by atoms with Crippen molar-refractivity contribution in [1.29, 1.82) is 0 Å². The SMILES string of the molecule is COc1cccc(-n2c(C)cc([C@@H]3[C@@H](c4ccccn4)NC(=S)N3c3ccc4c(c3)OCO4)c2C)c1. The van der Waals surface area contributed by atoms with Crippen LogP contribution in [0.4, 0.5) is 5.69 Å². The van der Waals surface area contributed by atoms with Crippen molar-refractivity contribution < 1.29 is 14.2 Å². The maximum absolute atomic E-state index is 5.91. The number of hydrogen-bond acceptors (Lipinski definition) is 5. The van der Waals surface area contributed by atoms with Gasteiger partial charge in [-0.2, -0.15) is 0 Å². The van der Waals surface area contributed by atoms with E-state index >= 15 is 0 Å². The lowest BCUT2D eigenvalue weighted by Gasteiger charge is -2.28. The summed E-state index contributed by atoms with van der Waals surface area (Å²) in [6, 6.07) is 22.0. The first kappa shape index (κ1) is 22.4. The second-order valence-corrected chi connectivity index (χ2v) is 9.28. The summed E-state index contributed by atoms with van der Waals surface area (Å²) in [6.45, 7) is 4.50. The van der Waals surface area contributed by atoms with E-state index < -0.39 is 0 Å². The number of benzene rings is 2. The Morgan fingerprint density at radius 3 is 2.64 bits per heavy atom. The van der Waals surface area contributed by atoms with E-state index in [0.717, 1.165) is 51.3 Å². The Kier molecular flexibility index (Phi) is 5.53. The third-order valence-electron chi connectivity index (χ3n) is 6.83. The number of thiocarbonyl (C=S) groups is 1. The fourth-order valence-electron chi connectivity index (χ4n) is 5.22. The molecule has 7 nitrogen and oxygen atoms in total. The van der Waals surface area contributed by atoms with Crippen LogP contribution in [0.2, 0.25) is 0 Å². The molecule has 36 heavy (non-hydrogen) atoms. The average Bonchev–Trinajstić information content (AvgIpc) is 3.59. The summed E-state index contributed by atoms with van der Waals surface area (Å²) in [5.41, 5.74) is 6.33. The maximum atomic E-state index is 5.91. The predicted molar refractivity (Wildman–Crippen MR) is 142 cm³/mol. The molecule has 8 heteroatoms. The lowest BCUT2D eigenvalue weighted by Crippen LogP contribution is -2.29. The zero-order chi connectivity index (χ0) is 24.8. The van der Waals surface area contributed by atoms with Crippen molar-refractivity contribution in [3.63, 3.8) is 0 Å². The quantitative estimate of drug-likeness (QED) is 0.370. The van der Waals surface area contributed by atoms with E-state index in [2.05, 4.69) is 45.7 Å². The molecule has 0 aliphatic carbocycles. The van der Waals surface area contributed by atoms with Crippen molar-refractivity contribution in [2.75, 3.05) is 18.8 Å². The summed E-state index contributed by atoms with van der Waals surface area (Å²) in [4.78, 5) is 6.84. The number of rotatable bonds is 5. The van der Waals surface area contributed by atoms with Gasteiger partial charge in [0.1, 0.15) is 5.75 Å². The van der Waals surface area contributed by atoms with Gasteiger partial charge in [0.2, 0.25) is 6.79 Å². The topological polar surface area (TPSA) is 60.8 Å². The van der Waals surface area contributed by atoms with Crippen LogP contribution in [0, 0.1) is 13.8 Å². The fraction of sp³-hybridized carbons (Fsp3) is 0.214. The van der Waals surface area contributed by atoms with Gasteiger partial charge >= 0.3 is 0 Å². The molecule has 4 heterocycles. The van der Waals surface area contributed by atoms with E-state index in [-0.39, 0.29) is 18.9 Å². The number of pyridine rings is 1. The van der Waals surface area contributed by atoms with E-state index in [1.807, 2.05) is 60.8 Å². The molecule has 0 radical (unpaired) electrons. The maximum Gasteiger partial charge on any atom is 0.231 e. The van der Waals surface area contributed by atoms with Gasteiger partial charge in [0.25, 0.3) is 0 Å². The normalized spacial score (nSPS) is 18.4. The van der Waals surface area contributed by atoms with Crippen molar-refractivity contribution in [2.45, 2.75) is 25.9 Å². The smallest absolute Gasteiger partial charge is 0.231 e. The Hall–Kier alpha value is -4.04. The fourth-order valence-corrected chi connectivity index (χ4v) is 5.56. The number of nitrogens with zero attached hydrogens (tertiary/aromatic N) is 3. The van der Waals surface area contributed by atoms with Crippen LogP contribution < -0.4 is 24.4 Å². The van der Waals surface area contributed by atoms with E-state index in [1.54, 1.807) is 7.11 Å². The predicted octanol–water partition coefficient (Wildman–Crippen LogP) is 5.40. The molecule has 0 spiro atoms. The Labute approximate surface area is 215 Å². The molecule has 1 saturated heterocycles. The monoisotopic (exact) mass is 498 g/mol. The van der Waals surface area contributed by atoms with Crippen LogP contribution in [0.3, 0.4) is 0 Å². The molecule has 0 amide bonds. The minimum Gasteiger partial charge on any atom is -0.497 e. The number of aryl methyl sites for hydroxylation is 1. The second-order valence-electron chi connectivity index (χ2n) is 8.90. The Morgan fingerprint density at radius 2 is 1.83 bits per heavy atom. The van der Waals surface area contributed by atoms with Gasteiger partial charge in [-0.05, 0) is 74.1 Å². The Morgan fingerprint density at radius 1 is 0.972 bits per heavy atom. The molecule has 1 fully saturated rings. The molecule has 6 rings (SSSR count). The third-order valence-corrected chi connectivity index (χ3v) is 7.15. The van der Waals surface area contributed by atoms with Gasteiger partial charge < -0.3 is 29.0 Å². The molecule has 2 aromatic carbocycles. The molecule has 0 saturated carbocycles. The lowest BCUT2D eigenvalue weighted by atomic mass is 9.96. The summed E-state index contributed by atoms with van der Waals surface area (Å²) >= 11 is 5.91. The van der Waals surface area contributed by atoms with Crippen LogP contribution >= 0.6 is 12.2 Å². The summed E-state index contributed by atoms with van der Waals surface area (Å²) < 4.78 is 19.0. The summed E-state index contributed by atoms with van der Waals surface area (Å²) in [5.74, 6) is 2.28. The first-order chi connectivity index (χ1) is 17.5. The molecule has 4 aromatic rings. The molecule has 2 atom stereocenters. The van der Waals surface area contributed by atoms with Crippen LogP contribution in [0.5, 0.6) is 17.2 Å². The highest BCUT2D eigenvalue weighted by atomic mass is 32.1. The van der Waals surface area contributed by atoms with Crippen molar-refractivity contribution in [2.24, 2.45) is 0 Å². The van der Waals surface area contributed by atoms with Crippen LogP contribution in [0.1, 0.15) is 34.7 Å². The van der Waals surface area contributed by atoms with E-state index in [9.17, 15) is 0 Å². The zero-order valence-corrected chi connectivity index (χ0v) is 21.1. The van der Waals surface area contributed by atoms with Crippen molar-refractivity contribution in [3.8, 4) is 22.9 Å². The summed E-state index contributed by atoms with van der Waals surface area (Å²) in [6.07, 6.45) is 1.82. The summed E-state index contributed by atoms with van der Waals surface area (Å²) in [7, 11) is 1.69. The van der Waals surface area contributed by atoms with Crippen LogP contribution in [-0.4, -0.2) is 28.6 Å². The minimum absolute atomic E-state index is 0.127. The van der Waals surface area contributed by atoms with Crippen LogP contribution in [-0.2, 0) is 0 Å². The Balaban J connectivity index is 1.50. The molecular weight excluding hydrogens is 472 g/mol. The molecule has 0 unspecified atom stereocenters. The molecule has 2 aliphatic rings. The lowest BCUT2D eigenvalue weighted by molar-refractivity contribution is 0.174. The summed E-state index contributed by atoms with van der Waals surface area (Å²) in [5, 5.41) is 4.18. The number of methoxy groups -OCH3 is 1. The van der Waals surface area contributed by atoms with Gasteiger partial charge in [-0.15, -0.1) is 0 Å². The third kappa shape index (κ3) is 3.65.